The monoisotopic (exact) mass is 261 g/mol. The molecular weight excluding hydrogens is 246 g/mol. The van der Waals surface area contributed by atoms with Crippen LogP contribution in [0.15, 0.2) is 35.5 Å². The fourth-order valence-electron chi connectivity index (χ4n) is 2.22. The van der Waals surface area contributed by atoms with Gasteiger partial charge in [0.2, 0.25) is 0 Å². The molecule has 0 aliphatic carbocycles. The van der Waals surface area contributed by atoms with Crippen LogP contribution < -0.4 is 5.32 Å². The Kier molecular flexibility index (Phi) is 3.34. The Morgan fingerprint density at radius 2 is 1.89 bits per heavy atom. The minimum atomic E-state index is -1.04. The van der Waals surface area contributed by atoms with Crippen LogP contribution in [0.1, 0.15) is 12.8 Å². The van der Waals surface area contributed by atoms with E-state index in [2.05, 4.69) is 15.3 Å². The minimum absolute atomic E-state index is 0.210. The average Bonchev–Trinajstić information content (AvgIpc) is 2.47. The molecule has 1 aromatic heterocycles. The van der Waals surface area contributed by atoms with Crippen LogP contribution in [0.3, 0.4) is 0 Å². The van der Waals surface area contributed by atoms with Gasteiger partial charge in [-0.2, -0.15) is 0 Å². The van der Waals surface area contributed by atoms with Crippen LogP contribution >= 0.6 is 0 Å². The first kappa shape index (κ1) is 11.7. The van der Waals surface area contributed by atoms with Gasteiger partial charge in [0.25, 0.3) is 0 Å². The number of piperidine rings is 1. The van der Waals surface area contributed by atoms with Crippen molar-refractivity contribution in [3.8, 4) is 0 Å². The lowest BCUT2D eigenvalue weighted by molar-refractivity contribution is 0.519. The van der Waals surface area contributed by atoms with Crippen LogP contribution in [0.25, 0.3) is 11.0 Å². The number of hydrogen-bond acceptors (Lipinski definition) is 4. The SMILES string of the molecule is O=[S@](c1cnc2ccccc2n1)C1CCNCC1. The summed E-state index contributed by atoms with van der Waals surface area (Å²) in [5.74, 6) is 0. The third-order valence-electron chi connectivity index (χ3n) is 3.22. The largest absolute Gasteiger partial charge is 0.317 e. The van der Waals surface area contributed by atoms with Gasteiger partial charge in [-0.25, -0.2) is 4.98 Å². The first-order valence-electron chi connectivity index (χ1n) is 6.18. The molecule has 2 aromatic rings. The van der Waals surface area contributed by atoms with Crippen molar-refractivity contribution in [2.45, 2.75) is 23.1 Å². The summed E-state index contributed by atoms with van der Waals surface area (Å²) in [7, 11) is -1.04. The molecule has 0 bridgehead atoms. The molecule has 1 fully saturated rings. The predicted molar refractivity (Wildman–Crippen MR) is 71.8 cm³/mol. The maximum Gasteiger partial charge on any atom is 0.146 e. The van der Waals surface area contributed by atoms with E-state index in [-0.39, 0.29) is 5.25 Å². The number of rotatable bonds is 2. The molecule has 0 spiro atoms. The number of aromatic nitrogens is 2. The van der Waals surface area contributed by atoms with Crippen LogP contribution in [0, 0.1) is 0 Å². The molecule has 0 radical (unpaired) electrons. The Bertz CT molecular complexity index is 581. The highest BCUT2D eigenvalue weighted by Gasteiger charge is 2.22. The van der Waals surface area contributed by atoms with Gasteiger partial charge in [-0.3, -0.25) is 9.19 Å². The van der Waals surface area contributed by atoms with Gasteiger partial charge in [0.15, 0.2) is 0 Å². The van der Waals surface area contributed by atoms with Gasteiger partial charge in [-0.1, -0.05) is 12.1 Å². The third-order valence-corrected chi connectivity index (χ3v) is 4.91. The molecule has 0 unspecified atom stereocenters. The Morgan fingerprint density at radius 1 is 1.17 bits per heavy atom. The first-order chi connectivity index (χ1) is 8.84. The topological polar surface area (TPSA) is 54.9 Å². The van der Waals surface area contributed by atoms with Gasteiger partial charge in [-0.05, 0) is 38.1 Å². The number of nitrogens with one attached hydrogen (secondary N) is 1. The van der Waals surface area contributed by atoms with Crippen LogP contribution in [-0.4, -0.2) is 32.5 Å². The minimum Gasteiger partial charge on any atom is -0.317 e. The van der Waals surface area contributed by atoms with Gasteiger partial charge in [0, 0.05) is 5.25 Å². The smallest absolute Gasteiger partial charge is 0.146 e. The molecule has 18 heavy (non-hydrogen) atoms. The molecule has 1 atom stereocenters. The molecule has 1 saturated heterocycles. The molecule has 1 aromatic carbocycles. The van der Waals surface area contributed by atoms with Gasteiger partial charge in [0.1, 0.15) is 5.03 Å². The summed E-state index contributed by atoms with van der Waals surface area (Å²) >= 11 is 0. The van der Waals surface area contributed by atoms with Crippen molar-refractivity contribution in [1.29, 1.82) is 0 Å². The summed E-state index contributed by atoms with van der Waals surface area (Å²) in [4.78, 5) is 8.79. The standard InChI is InChI=1S/C13H15N3OS/c17-18(10-5-7-14-8-6-10)13-9-15-11-3-1-2-4-12(11)16-13/h1-4,9-10,14H,5-8H2/t18-/m0/s1. The van der Waals surface area contributed by atoms with E-state index in [1.54, 1.807) is 6.20 Å². The maximum absolute atomic E-state index is 12.4. The van der Waals surface area contributed by atoms with Crippen LogP contribution in [0.5, 0.6) is 0 Å². The molecule has 94 valence electrons. The highest BCUT2D eigenvalue weighted by molar-refractivity contribution is 7.85. The van der Waals surface area contributed by atoms with Crippen LogP contribution in [-0.2, 0) is 10.8 Å². The Labute approximate surface area is 108 Å². The van der Waals surface area contributed by atoms with Crippen molar-refractivity contribution in [3.05, 3.63) is 30.5 Å². The van der Waals surface area contributed by atoms with E-state index < -0.39 is 10.8 Å². The van der Waals surface area contributed by atoms with Gasteiger partial charge in [0.05, 0.1) is 28.0 Å². The lowest BCUT2D eigenvalue weighted by atomic mass is 10.2. The zero-order valence-electron chi connectivity index (χ0n) is 10.0. The summed E-state index contributed by atoms with van der Waals surface area (Å²) in [6, 6.07) is 7.68. The zero-order valence-corrected chi connectivity index (χ0v) is 10.8. The maximum atomic E-state index is 12.4. The molecule has 0 amide bonds. The summed E-state index contributed by atoms with van der Waals surface area (Å²) in [5, 5.41) is 4.10. The Balaban J connectivity index is 1.91. The first-order valence-corrected chi connectivity index (χ1v) is 7.39. The number of para-hydroxylation sites is 2. The summed E-state index contributed by atoms with van der Waals surface area (Å²) in [5.41, 5.74) is 1.67. The highest BCUT2D eigenvalue weighted by Crippen LogP contribution is 2.18. The highest BCUT2D eigenvalue weighted by atomic mass is 32.2. The quantitative estimate of drug-likeness (QED) is 0.890. The second-order valence-corrected chi connectivity index (χ2v) is 6.12. The molecule has 0 saturated carbocycles. The molecular formula is C13H15N3OS. The van der Waals surface area contributed by atoms with E-state index in [0.717, 1.165) is 37.0 Å². The molecule has 1 N–H and O–H groups in total. The van der Waals surface area contributed by atoms with Crippen molar-refractivity contribution in [1.82, 2.24) is 15.3 Å². The number of hydrogen-bond donors (Lipinski definition) is 1. The number of nitrogens with zero attached hydrogens (tertiary/aromatic N) is 2. The summed E-state index contributed by atoms with van der Waals surface area (Å²) in [6.07, 6.45) is 3.54. The molecule has 1 aliphatic rings. The molecule has 2 heterocycles. The van der Waals surface area contributed by atoms with E-state index >= 15 is 0 Å². The summed E-state index contributed by atoms with van der Waals surface area (Å²) in [6.45, 7) is 1.88. The van der Waals surface area contributed by atoms with Crippen LogP contribution in [0.4, 0.5) is 0 Å². The lowest BCUT2D eigenvalue weighted by Crippen LogP contribution is -2.33. The molecule has 4 nitrogen and oxygen atoms in total. The number of benzene rings is 1. The van der Waals surface area contributed by atoms with Crippen molar-refractivity contribution in [2.75, 3.05) is 13.1 Å². The van der Waals surface area contributed by atoms with Gasteiger partial charge >= 0.3 is 0 Å². The van der Waals surface area contributed by atoms with E-state index in [9.17, 15) is 4.21 Å². The van der Waals surface area contributed by atoms with E-state index in [0.29, 0.717) is 5.03 Å². The fourth-order valence-corrected chi connectivity index (χ4v) is 3.57. The molecule has 5 heteroatoms. The number of fused-ring (bicyclic) bond motifs is 1. The molecule has 1 aliphatic heterocycles. The summed E-state index contributed by atoms with van der Waals surface area (Å²) < 4.78 is 12.4. The van der Waals surface area contributed by atoms with Crippen molar-refractivity contribution < 1.29 is 4.21 Å². The second kappa shape index (κ2) is 5.12. The normalized spacial score (nSPS) is 18.9. The van der Waals surface area contributed by atoms with Gasteiger partial charge < -0.3 is 5.32 Å². The van der Waals surface area contributed by atoms with Crippen LogP contribution in [0.2, 0.25) is 0 Å². The van der Waals surface area contributed by atoms with Crippen molar-refractivity contribution in [2.24, 2.45) is 0 Å². The van der Waals surface area contributed by atoms with E-state index in [1.807, 2.05) is 24.3 Å². The molecule has 3 rings (SSSR count). The van der Waals surface area contributed by atoms with E-state index in [1.165, 1.54) is 0 Å². The fraction of sp³-hybridized carbons (Fsp3) is 0.385. The average molecular weight is 261 g/mol. The predicted octanol–water partition coefficient (Wildman–Crippen LogP) is 1.49. The lowest BCUT2D eigenvalue weighted by Gasteiger charge is -2.21. The van der Waals surface area contributed by atoms with Gasteiger partial charge in [-0.15, -0.1) is 0 Å². The Morgan fingerprint density at radius 3 is 2.67 bits per heavy atom. The van der Waals surface area contributed by atoms with E-state index in [4.69, 9.17) is 0 Å². The Hall–Kier alpha value is -1.33. The second-order valence-electron chi connectivity index (χ2n) is 4.44. The van der Waals surface area contributed by atoms with Crippen molar-refractivity contribution in [3.63, 3.8) is 0 Å². The van der Waals surface area contributed by atoms with Crippen molar-refractivity contribution >= 4 is 21.8 Å². The zero-order chi connectivity index (χ0) is 12.4. The third kappa shape index (κ3) is 2.28.